The molecule has 0 amide bonds. The van der Waals surface area contributed by atoms with Gasteiger partial charge in [-0.2, -0.15) is 0 Å². The van der Waals surface area contributed by atoms with Gasteiger partial charge in [0.05, 0.1) is 0 Å². The number of benzene rings is 1. The largest absolute Gasteiger partial charge is 0.536 e. The molecule has 7 heteroatoms. The van der Waals surface area contributed by atoms with Crippen molar-refractivity contribution in [1.82, 2.24) is 5.32 Å². The fourth-order valence-corrected chi connectivity index (χ4v) is 3.79. The van der Waals surface area contributed by atoms with Gasteiger partial charge in [0.25, 0.3) is 0 Å². The Labute approximate surface area is 122 Å². The van der Waals surface area contributed by atoms with Gasteiger partial charge in [0, 0.05) is 58.4 Å². The smallest absolute Gasteiger partial charge is 0.384 e. The summed E-state index contributed by atoms with van der Waals surface area (Å²) in [5.41, 5.74) is 6.43. The molecule has 0 aliphatic carbocycles. The molecule has 0 spiro atoms. The number of rotatable bonds is 10. The maximum atomic E-state index is 5.48. The molecule has 1 aromatic carbocycles. The third-order valence-corrected chi connectivity index (χ3v) is 5.60. The molecule has 0 fully saturated rings. The van der Waals surface area contributed by atoms with Crippen molar-refractivity contribution >= 4 is 19.7 Å². The van der Waals surface area contributed by atoms with E-state index in [9.17, 15) is 0 Å². The van der Waals surface area contributed by atoms with Gasteiger partial charge < -0.3 is 29.6 Å². The second-order valence-corrected chi connectivity index (χ2v) is 7.13. The minimum Gasteiger partial charge on any atom is -0.384 e. The molecule has 1 aromatic rings. The van der Waals surface area contributed by atoms with Gasteiger partial charge >= 0.3 is 8.80 Å². The Morgan fingerprint density at radius 3 is 2.35 bits per heavy atom. The monoisotopic (exact) mass is 299 g/mol. The zero-order valence-electron chi connectivity index (χ0n) is 12.4. The molecule has 4 N–H and O–H groups in total. The van der Waals surface area contributed by atoms with Crippen LogP contribution in [0.15, 0.2) is 24.3 Å². The van der Waals surface area contributed by atoms with E-state index in [4.69, 9.17) is 19.0 Å². The first-order valence-electron chi connectivity index (χ1n) is 6.63. The number of nitrogens with one attached hydrogen (secondary N) is 2. The molecule has 20 heavy (non-hydrogen) atoms. The lowest BCUT2D eigenvalue weighted by Crippen LogP contribution is -2.54. The lowest BCUT2D eigenvalue weighted by molar-refractivity contribution is 0.140. The highest BCUT2D eigenvalue weighted by Crippen LogP contribution is 2.11. The maximum absolute atomic E-state index is 5.48. The first-order valence-corrected chi connectivity index (χ1v) is 8.35. The summed E-state index contributed by atoms with van der Waals surface area (Å²) >= 11 is 0. The SMILES string of the molecule is CO[Si](OC)(OC)c1cccc(NCCNCCN)c1. The van der Waals surface area contributed by atoms with Crippen molar-refractivity contribution in [1.29, 1.82) is 0 Å². The minimum atomic E-state index is -2.76. The highest BCUT2D eigenvalue weighted by atomic mass is 28.4. The number of anilines is 1. The van der Waals surface area contributed by atoms with Gasteiger partial charge in [0.15, 0.2) is 0 Å². The third kappa shape index (κ3) is 4.55. The highest BCUT2D eigenvalue weighted by Gasteiger charge is 2.40. The van der Waals surface area contributed by atoms with Crippen LogP contribution in [0.2, 0.25) is 0 Å². The topological polar surface area (TPSA) is 77.8 Å². The lowest BCUT2D eigenvalue weighted by atomic mass is 10.3. The molecule has 114 valence electrons. The number of hydrogen-bond donors (Lipinski definition) is 3. The molecule has 0 saturated heterocycles. The van der Waals surface area contributed by atoms with Crippen LogP contribution in [0.1, 0.15) is 0 Å². The Balaban J connectivity index is 2.65. The van der Waals surface area contributed by atoms with Gasteiger partial charge in [0.2, 0.25) is 0 Å². The fraction of sp³-hybridized carbons (Fsp3) is 0.538. The molecule has 0 saturated carbocycles. The Morgan fingerprint density at radius 2 is 1.75 bits per heavy atom. The molecule has 6 nitrogen and oxygen atoms in total. The summed E-state index contributed by atoms with van der Waals surface area (Å²) in [5, 5.41) is 7.51. The zero-order valence-corrected chi connectivity index (χ0v) is 13.4. The van der Waals surface area contributed by atoms with Crippen molar-refractivity contribution in [2.75, 3.05) is 52.8 Å². The Bertz CT molecular complexity index is 381. The molecule has 1 rings (SSSR count). The van der Waals surface area contributed by atoms with E-state index in [1.165, 1.54) is 0 Å². The molecular formula is C13H25N3O3Si. The van der Waals surface area contributed by atoms with Crippen LogP contribution < -0.4 is 21.6 Å². The molecule has 0 bridgehead atoms. The van der Waals surface area contributed by atoms with Gasteiger partial charge in [-0.15, -0.1) is 0 Å². The van der Waals surface area contributed by atoms with Crippen LogP contribution in [-0.2, 0) is 13.3 Å². The summed E-state index contributed by atoms with van der Waals surface area (Å²) in [6, 6.07) is 7.93. The second kappa shape index (κ2) is 9.06. The maximum Gasteiger partial charge on any atom is 0.536 e. The Kier molecular flexibility index (Phi) is 7.74. The van der Waals surface area contributed by atoms with Crippen molar-refractivity contribution in [2.24, 2.45) is 5.73 Å². The van der Waals surface area contributed by atoms with Crippen LogP contribution in [0.25, 0.3) is 0 Å². The molecule has 0 atom stereocenters. The summed E-state index contributed by atoms with van der Waals surface area (Å²) in [5.74, 6) is 0. The van der Waals surface area contributed by atoms with Gasteiger partial charge in [0.1, 0.15) is 0 Å². The lowest BCUT2D eigenvalue weighted by Gasteiger charge is -2.25. The van der Waals surface area contributed by atoms with Crippen molar-refractivity contribution < 1.29 is 13.3 Å². The predicted octanol–water partition coefficient (Wildman–Crippen LogP) is -0.268. The summed E-state index contributed by atoms with van der Waals surface area (Å²) in [6.07, 6.45) is 0. The average molecular weight is 299 g/mol. The van der Waals surface area contributed by atoms with E-state index in [2.05, 4.69) is 10.6 Å². The molecule has 0 unspecified atom stereocenters. The van der Waals surface area contributed by atoms with E-state index in [0.29, 0.717) is 6.54 Å². The van der Waals surface area contributed by atoms with E-state index < -0.39 is 8.80 Å². The van der Waals surface area contributed by atoms with E-state index >= 15 is 0 Å². The Morgan fingerprint density at radius 1 is 1.05 bits per heavy atom. The van der Waals surface area contributed by atoms with Crippen LogP contribution in [0.3, 0.4) is 0 Å². The molecule has 0 aromatic heterocycles. The van der Waals surface area contributed by atoms with E-state index in [0.717, 1.165) is 30.5 Å². The molecule has 0 aliphatic heterocycles. The van der Waals surface area contributed by atoms with Gasteiger partial charge in [-0.05, 0) is 12.1 Å². The van der Waals surface area contributed by atoms with Crippen LogP contribution in [0, 0.1) is 0 Å². The molecule has 0 heterocycles. The molecular weight excluding hydrogens is 274 g/mol. The standard InChI is InChI=1S/C13H25N3O3Si/c1-17-20(18-2,19-3)13-6-4-5-12(11-13)16-10-9-15-8-7-14/h4-6,11,15-16H,7-10,14H2,1-3H3. The van der Waals surface area contributed by atoms with Crippen molar-refractivity contribution in [3.8, 4) is 0 Å². The van der Waals surface area contributed by atoms with Gasteiger partial charge in [-0.1, -0.05) is 12.1 Å². The Hall–Kier alpha value is -0.963. The molecule has 0 aliphatic rings. The normalized spacial score (nSPS) is 11.6. The first kappa shape index (κ1) is 17.1. The van der Waals surface area contributed by atoms with E-state index in [1.54, 1.807) is 21.3 Å². The van der Waals surface area contributed by atoms with Crippen molar-refractivity contribution in [3.05, 3.63) is 24.3 Å². The second-order valence-electron chi connectivity index (χ2n) is 4.21. The summed E-state index contributed by atoms with van der Waals surface area (Å²) in [7, 11) is 2.06. The zero-order chi connectivity index (χ0) is 14.8. The van der Waals surface area contributed by atoms with Crippen molar-refractivity contribution in [3.63, 3.8) is 0 Å². The van der Waals surface area contributed by atoms with Crippen LogP contribution in [-0.4, -0.2) is 56.3 Å². The third-order valence-electron chi connectivity index (χ3n) is 2.97. The summed E-state index contributed by atoms with van der Waals surface area (Å²) < 4.78 is 16.4. The van der Waals surface area contributed by atoms with Gasteiger partial charge in [-0.3, -0.25) is 0 Å². The minimum absolute atomic E-state index is 0.652. The van der Waals surface area contributed by atoms with Crippen LogP contribution >= 0.6 is 0 Å². The summed E-state index contributed by atoms with van der Waals surface area (Å²) in [6.45, 7) is 3.17. The highest BCUT2D eigenvalue weighted by molar-refractivity contribution is 6.75. The van der Waals surface area contributed by atoms with Gasteiger partial charge in [-0.25, -0.2) is 0 Å². The van der Waals surface area contributed by atoms with Crippen LogP contribution in [0.4, 0.5) is 5.69 Å². The number of nitrogens with two attached hydrogens (primary N) is 1. The predicted molar refractivity (Wildman–Crippen MR) is 83.3 cm³/mol. The summed E-state index contributed by atoms with van der Waals surface area (Å²) in [4.78, 5) is 0. The van der Waals surface area contributed by atoms with Crippen LogP contribution in [0.5, 0.6) is 0 Å². The first-order chi connectivity index (χ1) is 9.72. The molecule has 0 radical (unpaired) electrons. The quantitative estimate of drug-likeness (QED) is 0.408. The van der Waals surface area contributed by atoms with E-state index in [-0.39, 0.29) is 0 Å². The van der Waals surface area contributed by atoms with E-state index in [1.807, 2.05) is 24.3 Å². The average Bonchev–Trinajstić information content (AvgIpc) is 2.50. The fourth-order valence-electron chi connectivity index (χ4n) is 1.95. The number of hydrogen-bond acceptors (Lipinski definition) is 6. The van der Waals surface area contributed by atoms with Crippen molar-refractivity contribution in [2.45, 2.75) is 0 Å².